The Balaban J connectivity index is 2.48. The molecule has 0 heterocycles. The number of nitrogens with one attached hydrogen (secondary N) is 1. The predicted molar refractivity (Wildman–Crippen MR) is 70.3 cm³/mol. The molecule has 1 N–H and O–H groups in total. The maximum absolute atomic E-state index is 13.6. The Morgan fingerprint density at radius 2 is 1.70 bits per heavy atom. The van der Waals surface area contributed by atoms with Crippen molar-refractivity contribution in [3.63, 3.8) is 0 Å². The van der Waals surface area contributed by atoms with Crippen LogP contribution in [0.4, 0.5) is 15.8 Å². The van der Waals surface area contributed by atoms with Gasteiger partial charge in [0.2, 0.25) is 0 Å². The van der Waals surface area contributed by atoms with Crippen LogP contribution >= 0.6 is 0 Å². The number of nitro benzene ring substituents is 1. The second-order valence-electron chi connectivity index (χ2n) is 3.81. The summed E-state index contributed by atoms with van der Waals surface area (Å²) in [5.74, 6) is -1.02. The zero-order valence-corrected chi connectivity index (χ0v) is 10.8. The van der Waals surface area contributed by atoms with E-state index in [1.165, 1.54) is 24.3 Å². The van der Waals surface area contributed by atoms with E-state index >= 15 is 0 Å². The highest BCUT2D eigenvalue weighted by Gasteiger charge is 2.23. The lowest BCUT2D eigenvalue weighted by Crippen LogP contribution is -2.15. The Hall–Kier alpha value is -2.48. The van der Waals surface area contributed by atoms with E-state index in [4.69, 9.17) is 0 Å². The van der Waals surface area contributed by atoms with E-state index in [1.807, 2.05) is 4.72 Å². The van der Waals surface area contributed by atoms with Crippen LogP contribution in [0.5, 0.6) is 0 Å². The van der Waals surface area contributed by atoms with Crippen LogP contribution in [0.25, 0.3) is 0 Å². The summed E-state index contributed by atoms with van der Waals surface area (Å²) >= 11 is 0. The molecule has 0 aromatic heterocycles. The van der Waals surface area contributed by atoms with E-state index in [9.17, 15) is 22.9 Å². The van der Waals surface area contributed by atoms with Crippen molar-refractivity contribution in [2.45, 2.75) is 4.90 Å². The first-order valence-corrected chi connectivity index (χ1v) is 6.91. The van der Waals surface area contributed by atoms with Crippen molar-refractivity contribution >= 4 is 21.4 Å². The van der Waals surface area contributed by atoms with Gasteiger partial charge in [0.25, 0.3) is 15.7 Å². The highest BCUT2D eigenvalue weighted by Crippen LogP contribution is 2.29. The molecule has 0 aliphatic carbocycles. The van der Waals surface area contributed by atoms with Crippen LogP contribution in [0, 0.1) is 15.9 Å². The normalized spacial score (nSPS) is 11.1. The largest absolute Gasteiger partial charge is 0.296 e. The minimum absolute atomic E-state index is 0.113. The topological polar surface area (TPSA) is 89.3 Å². The van der Waals surface area contributed by atoms with Crippen LogP contribution in [0.3, 0.4) is 0 Å². The number of halogens is 1. The maximum atomic E-state index is 13.6. The third-order valence-electron chi connectivity index (χ3n) is 2.48. The molecule has 0 radical (unpaired) electrons. The fourth-order valence-electron chi connectivity index (χ4n) is 1.56. The van der Waals surface area contributed by atoms with Crippen molar-refractivity contribution in [2.24, 2.45) is 0 Å². The molecule has 20 heavy (non-hydrogen) atoms. The van der Waals surface area contributed by atoms with Gasteiger partial charge in [-0.05, 0) is 18.2 Å². The number of sulfonamides is 1. The van der Waals surface area contributed by atoms with E-state index in [1.54, 1.807) is 6.07 Å². The van der Waals surface area contributed by atoms with Gasteiger partial charge in [-0.2, -0.15) is 0 Å². The zero-order chi connectivity index (χ0) is 14.8. The summed E-state index contributed by atoms with van der Waals surface area (Å²) in [7, 11) is -4.09. The first kappa shape index (κ1) is 13.9. The first-order valence-electron chi connectivity index (χ1n) is 5.42. The predicted octanol–water partition coefficient (Wildman–Crippen LogP) is 2.53. The standard InChI is InChI=1S/C12H9FN2O4S/c13-10-7-4-8-11(15(16)17)12(10)14-20(18,19)9-5-2-1-3-6-9/h1-8,14H. The Morgan fingerprint density at radius 1 is 1.05 bits per heavy atom. The molecule has 0 spiro atoms. The van der Waals surface area contributed by atoms with Crippen LogP contribution < -0.4 is 4.72 Å². The summed E-state index contributed by atoms with van der Waals surface area (Å²) in [6.07, 6.45) is 0. The summed E-state index contributed by atoms with van der Waals surface area (Å²) < 4.78 is 39.6. The second kappa shape index (κ2) is 5.25. The highest BCUT2D eigenvalue weighted by atomic mass is 32.2. The molecule has 0 aliphatic rings. The van der Waals surface area contributed by atoms with Crippen LogP contribution in [0.2, 0.25) is 0 Å². The summed E-state index contributed by atoms with van der Waals surface area (Å²) in [6.45, 7) is 0. The van der Waals surface area contributed by atoms with Gasteiger partial charge in [0.1, 0.15) is 0 Å². The number of benzene rings is 2. The monoisotopic (exact) mass is 296 g/mol. The lowest BCUT2D eigenvalue weighted by atomic mass is 10.2. The van der Waals surface area contributed by atoms with Gasteiger partial charge in [0, 0.05) is 6.07 Å². The minimum atomic E-state index is -4.09. The Bertz CT molecular complexity index is 747. The third-order valence-corrected chi connectivity index (χ3v) is 3.84. The van der Waals surface area contributed by atoms with Crippen LogP contribution in [0.1, 0.15) is 0 Å². The molecule has 0 saturated heterocycles. The Labute approximate surface area is 114 Å². The maximum Gasteiger partial charge on any atom is 0.296 e. The quantitative estimate of drug-likeness (QED) is 0.693. The molecule has 2 aromatic carbocycles. The van der Waals surface area contributed by atoms with Gasteiger partial charge in [-0.1, -0.05) is 24.3 Å². The SMILES string of the molecule is O=[N+]([O-])c1cccc(F)c1NS(=O)(=O)c1ccccc1. The van der Waals surface area contributed by atoms with E-state index in [2.05, 4.69) is 0 Å². The second-order valence-corrected chi connectivity index (χ2v) is 5.49. The van der Waals surface area contributed by atoms with Crippen molar-refractivity contribution in [1.82, 2.24) is 0 Å². The number of nitro groups is 1. The van der Waals surface area contributed by atoms with Crippen molar-refractivity contribution in [2.75, 3.05) is 4.72 Å². The molecule has 2 rings (SSSR count). The van der Waals surface area contributed by atoms with E-state index in [0.29, 0.717) is 0 Å². The minimum Gasteiger partial charge on any atom is -0.271 e. The average Bonchev–Trinajstić information content (AvgIpc) is 2.41. The first-order chi connectivity index (χ1) is 9.42. The molecule has 0 saturated carbocycles. The lowest BCUT2D eigenvalue weighted by molar-refractivity contribution is -0.384. The van der Waals surface area contributed by atoms with Gasteiger partial charge >= 0.3 is 0 Å². The smallest absolute Gasteiger partial charge is 0.271 e. The van der Waals surface area contributed by atoms with Crippen molar-refractivity contribution < 1.29 is 17.7 Å². The zero-order valence-electron chi connectivity index (χ0n) is 9.99. The molecular weight excluding hydrogens is 287 g/mol. The van der Waals surface area contributed by atoms with Crippen LogP contribution in [-0.4, -0.2) is 13.3 Å². The van der Waals surface area contributed by atoms with E-state index < -0.39 is 32.1 Å². The number of hydrogen-bond donors (Lipinski definition) is 1. The van der Waals surface area contributed by atoms with Gasteiger partial charge in [0.15, 0.2) is 11.5 Å². The van der Waals surface area contributed by atoms with Crippen LogP contribution in [-0.2, 0) is 10.0 Å². The summed E-state index contributed by atoms with van der Waals surface area (Å²) in [6, 6.07) is 10.3. The summed E-state index contributed by atoms with van der Waals surface area (Å²) in [4.78, 5) is 9.83. The molecule has 0 unspecified atom stereocenters. The lowest BCUT2D eigenvalue weighted by Gasteiger charge is -2.09. The van der Waals surface area contributed by atoms with E-state index in [-0.39, 0.29) is 4.90 Å². The number of nitrogens with zero attached hydrogens (tertiary/aromatic N) is 1. The van der Waals surface area contributed by atoms with Crippen LogP contribution in [0.15, 0.2) is 53.4 Å². The molecule has 0 bridgehead atoms. The Morgan fingerprint density at radius 3 is 2.30 bits per heavy atom. The highest BCUT2D eigenvalue weighted by molar-refractivity contribution is 7.92. The number of rotatable bonds is 4. The number of anilines is 1. The number of para-hydroxylation sites is 1. The molecule has 0 amide bonds. The van der Waals surface area contributed by atoms with E-state index in [0.717, 1.165) is 18.2 Å². The summed E-state index contributed by atoms with van der Waals surface area (Å²) in [5.41, 5.74) is -1.33. The van der Waals surface area contributed by atoms with Crippen molar-refractivity contribution in [1.29, 1.82) is 0 Å². The molecule has 2 aromatic rings. The molecular formula is C12H9FN2O4S. The van der Waals surface area contributed by atoms with Gasteiger partial charge < -0.3 is 0 Å². The average molecular weight is 296 g/mol. The Kier molecular flexibility index (Phi) is 3.66. The van der Waals surface area contributed by atoms with Gasteiger partial charge in [-0.25, -0.2) is 12.8 Å². The molecule has 0 aliphatic heterocycles. The van der Waals surface area contributed by atoms with Gasteiger partial charge in [0.05, 0.1) is 9.82 Å². The number of hydrogen-bond acceptors (Lipinski definition) is 4. The molecule has 6 nitrogen and oxygen atoms in total. The molecule has 104 valence electrons. The molecule has 8 heteroatoms. The van der Waals surface area contributed by atoms with Crippen molar-refractivity contribution in [3.05, 3.63) is 64.5 Å². The fraction of sp³-hybridized carbons (Fsp3) is 0. The molecule has 0 atom stereocenters. The summed E-state index contributed by atoms with van der Waals surface area (Å²) in [5, 5.41) is 10.8. The third kappa shape index (κ3) is 2.75. The van der Waals surface area contributed by atoms with Crippen molar-refractivity contribution in [3.8, 4) is 0 Å². The van der Waals surface area contributed by atoms with Gasteiger partial charge in [-0.15, -0.1) is 0 Å². The molecule has 0 fully saturated rings. The fourth-order valence-corrected chi connectivity index (χ4v) is 2.66. The van der Waals surface area contributed by atoms with Gasteiger partial charge in [-0.3, -0.25) is 14.8 Å².